The number of phosphoric acid groups is 1. The van der Waals surface area contributed by atoms with Gasteiger partial charge >= 0.3 is 25.7 Å². The number of ether oxygens (including phenoxy) is 3. The van der Waals surface area contributed by atoms with Crippen LogP contribution in [-0.2, 0) is 42.2 Å². The Bertz CT molecular complexity index is 1790. The summed E-state index contributed by atoms with van der Waals surface area (Å²) in [6, 6.07) is 0. The minimum atomic E-state index is -4.78. The van der Waals surface area contributed by atoms with Crippen LogP contribution in [0.1, 0.15) is 278 Å². The number of carbonyl (C=O) groups excluding carboxylic acids is 3. The summed E-state index contributed by atoms with van der Waals surface area (Å²) in [5, 5.41) is 9.85. The molecule has 470 valence electrons. The number of rotatable bonds is 60. The first-order chi connectivity index (χ1) is 40.2. The molecule has 3 unspecified atom stereocenters. The zero-order chi connectivity index (χ0) is 59.8. The molecule has 0 aromatic carbocycles. The van der Waals surface area contributed by atoms with E-state index >= 15 is 0 Å². The molecule has 0 fully saturated rings. The molecule has 0 aliphatic carbocycles. The molecule has 0 saturated carbocycles. The van der Waals surface area contributed by atoms with Crippen molar-refractivity contribution in [3.05, 3.63) is 109 Å². The topological polar surface area (TPSA) is 155 Å². The lowest BCUT2D eigenvalue weighted by Gasteiger charge is -2.21. The summed E-state index contributed by atoms with van der Waals surface area (Å²) in [4.78, 5) is 48.8. The Labute approximate surface area is 501 Å². The van der Waals surface area contributed by atoms with Crippen LogP contribution >= 0.6 is 7.82 Å². The van der Waals surface area contributed by atoms with Crippen molar-refractivity contribution in [3.8, 4) is 0 Å². The lowest BCUT2D eigenvalue weighted by Crippen LogP contribution is -2.30. The molecule has 11 nitrogen and oxygen atoms in total. The summed E-state index contributed by atoms with van der Waals surface area (Å²) in [7, 11) is -4.78. The number of hydrogen-bond donors (Lipinski definition) is 2. The molecule has 0 aromatic rings. The zero-order valence-electron chi connectivity index (χ0n) is 52.2. The monoisotopic (exact) mass is 1170 g/mol. The minimum Gasteiger partial charge on any atom is -0.462 e. The number of aliphatic hydroxyl groups excluding tert-OH is 1. The maximum Gasteiger partial charge on any atom is 0.472 e. The van der Waals surface area contributed by atoms with Crippen molar-refractivity contribution in [2.75, 3.05) is 26.4 Å². The molecular formula is C70H119O11P. The van der Waals surface area contributed by atoms with Gasteiger partial charge in [0.2, 0.25) is 0 Å². The third-order valence-electron chi connectivity index (χ3n) is 13.6. The predicted octanol–water partition coefficient (Wildman–Crippen LogP) is 20.1. The number of unbranched alkanes of at least 4 members (excludes halogenated alkanes) is 25. The van der Waals surface area contributed by atoms with E-state index in [4.69, 9.17) is 23.3 Å². The van der Waals surface area contributed by atoms with Crippen molar-refractivity contribution in [1.29, 1.82) is 0 Å². The van der Waals surface area contributed by atoms with E-state index in [1.807, 2.05) is 12.2 Å². The average Bonchev–Trinajstić information content (AvgIpc) is 3.49. The lowest BCUT2D eigenvalue weighted by atomic mass is 10.1. The second-order valence-corrected chi connectivity index (χ2v) is 23.0. The van der Waals surface area contributed by atoms with Crippen molar-refractivity contribution in [2.45, 2.75) is 290 Å². The van der Waals surface area contributed by atoms with Crippen molar-refractivity contribution >= 4 is 25.7 Å². The number of esters is 3. The molecule has 0 aromatic heterocycles. The van der Waals surface area contributed by atoms with Gasteiger partial charge in [-0.2, -0.15) is 0 Å². The molecule has 0 aliphatic heterocycles. The van der Waals surface area contributed by atoms with Crippen molar-refractivity contribution in [2.24, 2.45) is 0 Å². The number of aliphatic hydroxyl groups is 1. The van der Waals surface area contributed by atoms with Crippen LogP contribution in [0, 0.1) is 0 Å². The highest BCUT2D eigenvalue weighted by molar-refractivity contribution is 7.47. The Balaban J connectivity index is 4.79. The second kappa shape index (κ2) is 63.2. The Hall–Kier alpha value is -3.86. The Morgan fingerprint density at radius 3 is 1.06 bits per heavy atom. The fraction of sp³-hybridized carbons (Fsp3) is 0.700. The van der Waals surface area contributed by atoms with Crippen LogP contribution in [0.4, 0.5) is 0 Å². The number of hydrogen-bond acceptors (Lipinski definition) is 10. The van der Waals surface area contributed by atoms with Gasteiger partial charge < -0.3 is 24.2 Å². The fourth-order valence-corrected chi connectivity index (χ4v) is 9.47. The fourth-order valence-electron chi connectivity index (χ4n) is 8.69. The van der Waals surface area contributed by atoms with E-state index in [2.05, 4.69) is 118 Å². The van der Waals surface area contributed by atoms with Gasteiger partial charge in [0.05, 0.1) is 19.8 Å². The van der Waals surface area contributed by atoms with Gasteiger partial charge in [0.25, 0.3) is 0 Å². The maximum atomic E-state index is 13.0. The molecular weight excluding hydrogens is 1050 g/mol. The first kappa shape index (κ1) is 78.1. The SMILES string of the molecule is CC/C=C\C/C=C\C/C=C\C/C=C\C/C=C\CCCC(=O)OC(CO)COP(=O)(O)OCC(COC(=O)CCCCCCCC/C=C\C/C=C\C/C=C\CCCCC)OC(=O)CCCCCCCCCCC/C=C\CCCCCCCC. The van der Waals surface area contributed by atoms with E-state index in [0.29, 0.717) is 25.7 Å². The highest BCUT2D eigenvalue weighted by Gasteiger charge is 2.28. The van der Waals surface area contributed by atoms with Gasteiger partial charge in [0.15, 0.2) is 6.10 Å². The highest BCUT2D eigenvalue weighted by atomic mass is 31.2. The molecule has 2 N–H and O–H groups in total. The minimum absolute atomic E-state index is 0.0937. The molecule has 0 amide bonds. The average molecular weight is 1170 g/mol. The molecule has 3 atom stereocenters. The summed E-state index contributed by atoms with van der Waals surface area (Å²) in [5.74, 6) is -1.54. The van der Waals surface area contributed by atoms with Gasteiger partial charge in [-0.1, -0.05) is 246 Å². The zero-order valence-corrected chi connectivity index (χ0v) is 53.1. The largest absolute Gasteiger partial charge is 0.472 e. The van der Waals surface area contributed by atoms with Crippen LogP contribution in [0.2, 0.25) is 0 Å². The van der Waals surface area contributed by atoms with Crippen LogP contribution in [-0.4, -0.2) is 66.5 Å². The van der Waals surface area contributed by atoms with E-state index in [0.717, 1.165) is 103 Å². The smallest absolute Gasteiger partial charge is 0.462 e. The molecule has 0 spiro atoms. The molecule has 0 heterocycles. The Morgan fingerprint density at radius 2 is 0.646 bits per heavy atom. The number of phosphoric ester groups is 1. The third kappa shape index (κ3) is 60.7. The van der Waals surface area contributed by atoms with E-state index in [-0.39, 0.29) is 25.9 Å². The standard InChI is InChI=1S/C70H119O11P/c1-4-7-10-13-16-19-22-25-28-31-33-36-38-41-44-47-50-53-56-59-68(72)77-63-67(81-70(74)61-58-55-52-49-46-43-40-37-34-32-29-26-23-20-17-14-11-8-5-2)65-79-82(75,76)78-64-66(62-71)80-69(73)60-57-54-51-48-45-42-39-35-30-27-24-21-18-15-12-9-6-3/h9,12,16,18-19,21,25-30,33,36,39,42,48,51,66-67,71H,4-8,10-11,13-15,17,20,22-24,31-32,34-35,37-38,40-41,43-47,49-50,52-65H2,1-3H3,(H,75,76)/b12-9-,19-16-,21-18-,28-25-,29-26-,30-27-,36-33-,42-39-,51-48-. The van der Waals surface area contributed by atoms with E-state index < -0.39 is 57.8 Å². The molecule has 0 bridgehead atoms. The van der Waals surface area contributed by atoms with E-state index in [1.54, 1.807) is 0 Å². The quantitative estimate of drug-likeness (QED) is 0.0197. The predicted molar refractivity (Wildman–Crippen MR) is 343 cm³/mol. The normalized spacial score (nSPS) is 14.0. The van der Waals surface area contributed by atoms with Gasteiger partial charge in [-0.3, -0.25) is 23.4 Å². The van der Waals surface area contributed by atoms with Crippen molar-refractivity contribution < 1.29 is 52.2 Å². The van der Waals surface area contributed by atoms with Gasteiger partial charge in [-0.25, -0.2) is 4.57 Å². The van der Waals surface area contributed by atoms with Crippen LogP contribution in [0.25, 0.3) is 0 Å². The maximum absolute atomic E-state index is 13.0. The summed E-state index contributed by atoms with van der Waals surface area (Å²) < 4.78 is 39.7. The van der Waals surface area contributed by atoms with Crippen molar-refractivity contribution in [3.63, 3.8) is 0 Å². The van der Waals surface area contributed by atoms with Crippen molar-refractivity contribution in [1.82, 2.24) is 0 Å². The van der Waals surface area contributed by atoms with E-state index in [9.17, 15) is 28.9 Å². The van der Waals surface area contributed by atoms with Gasteiger partial charge in [0.1, 0.15) is 12.7 Å². The Kier molecular flexibility index (Phi) is 60.2. The van der Waals surface area contributed by atoms with Gasteiger partial charge in [-0.15, -0.1) is 0 Å². The lowest BCUT2D eigenvalue weighted by molar-refractivity contribution is -0.161. The molecule has 12 heteroatoms. The molecule has 0 aliphatic rings. The summed E-state index contributed by atoms with van der Waals surface area (Å²) in [5.41, 5.74) is 0. The number of allylic oxidation sites excluding steroid dienone is 18. The number of carbonyl (C=O) groups is 3. The third-order valence-corrected chi connectivity index (χ3v) is 14.6. The first-order valence-electron chi connectivity index (χ1n) is 32.8. The second-order valence-electron chi connectivity index (χ2n) is 21.5. The molecule has 0 saturated heterocycles. The summed E-state index contributed by atoms with van der Waals surface area (Å²) in [6.45, 7) is 4.45. The van der Waals surface area contributed by atoms with Crippen LogP contribution in [0.5, 0.6) is 0 Å². The van der Waals surface area contributed by atoms with Crippen LogP contribution in [0.15, 0.2) is 109 Å². The van der Waals surface area contributed by atoms with Crippen LogP contribution < -0.4 is 0 Å². The Morgan fingerprint density at radius 1 is 0.354 bits per heavy atom. The van der Waals surface area contributed by atoms with E-state index in [1.165, 1.54) is 109 Å². The summed E-state index contributed by atoms with van der Waals surface area (Å²) in [6.07, 6.45) is 77.6. The van der Waals surface area contributed by atoms with Crippen LogP contribution in [0.3, 0.4) is 0 Å². The van der Waals surface area contributed by atoms with Gasteiger partial charge in [0, 0.05) is 19.3 Å². The first-order valence-corrected chi connectivity index (χ1v) is 34.3. The molecule has 82 heavy (non-hydrogen) atoms. The molecule has 0 radical (unpaired) electrons. The summed E-state index contributed by atoms with van der Waals surface area (Å²) >= 11 is 0. The van der Waals surface area contributed by atoms with Gasteiger partial charge in [-0.05, 0) is 122 Å². The molecule has 0 rings (SSSR count). The highest BCUT2D eigenvalue weighted by Crippen LogP contribution is 2.43.